The summed E-state index contributed by atoms with van der Waals surface area (Å²) in [4.78, 5) is 0. The van der Waals surface area contributed by atoms with Crippen molar-refractivity contribution in [3.8, 4) is 0 Å². The molecule has 0 spiro atoms. The normalized spacial score (nSPS) is 26.0. The van der Waals surface area contributed by atoms with Gasteiger partial charge in [0.25, 0.3) is 0 Å². The van der Waals surface area contributed by atoms with Crippen LogP contribution in [-0.2, 0) is 10.0 Å². The molecule has 2 rings (SSSR count). The number of rotatable bonds is 3. The fourth-order valence-electron chi connectivity index (χ4n) is 1.85. The van der Waals surface area contributed by atoms with Gasteiger partial charge in [-0.3, -0.25) is 0 Å². The van der Waals surface area contributed by atoms with Crippen molar-refractivity contribution in [1.82, 2.24) is 10.0 Å². The van der Waals surface area contributed by atoms with Gasteiger partial charge in [0, 0.05) is 12.6 Å². The van der Waals surface area contributed by atoms with Crippen LogP contribution in [-0.4, -0.2) is 27.5 Å². The molecule has 0 aliphatic carbocycles. The fourth-order valence-corrected chi connectivity index (χ4v) is 4.69. The molecule has 96 valence electrons. The number of hydrogen-bond acceptors (Lipinski definition) is 4. The van der Waals surface area contributed by atoms with Crippen molar-refractivity contribution in [2.75, 3.05) is 13.1 Å². The van der Waals surface area contributed by atoms with E-state index in [0.717, 1.165) is 24.3 Å². The Morgan fingerprint density at radius 2 is 2.29 bits per heavy atom. The lowest BCUT2D eigenvalue weighted by Gasteiger charge is -2.29. The monoisotopic (exact) mass is 294 g/mol. The van der Waals surface area contributed by atoms with Gasteiger partial charge in [0.05, 0.1) is 4.34 Å². The summed E-state index contributed by atoms with van der Waals surface area (Å²) < 4.78 is 27.6. The van der Waals surface area contributed by atoms with E-state index < -0.39 is 10.0 Å². The first-order valence-electron chi connectivity index (χ1n) is 5.47. The number of halogens is 1. The van der Waals surface area contributed by atoms with E-state index in [4.69, 9.17) is 11.6 Å². The molecule has 1 aromatic heterocycles. The van der Waals surface area contributed by atoms with Crippen molar-refractivity contribution in [3.63, 3.8) is 0 Å². The molecule has 17 heavy (non-hydrogen) atoms. The lowest BCUT2D eigenvalue weighted by molar-refractivity contribution is 0.327. The first kappa shape index (κ1) is 13.3. The highest BCUT2D eigenvalue weighted by molar-refractivity contribution is 7.91. The number of hydrogen-bond donors (Lipinski definition) is 2. The van der Waals surface area contributed by atoms with E-state index in [1.54, 1.807) is 6.07 Å². The Balaban J connectivity index is 2.11. The van der Waals surface area contributed by atoms with Crippen LogP contribution < -0.4 is 10.0 Å². The van der Waals surface area contributed by atoms with Crippen molar-refractivity contribution >= 4 is 33.0 Å². The zero-order chi connectivity index (χ0) is 12.5. The highest BCUT2D eigenvalue weighted by Gasteiger charge is 2.27. The van der Waals surface area contributed by atoms with Gasteiger partial charge in [-0.15, -0.1) is 11.3 Å². The molecule has 0 saturated carbocycles. The number of sulfonamides is 1. The van der Waals surface area contributed by atoms with Gasteiger partial charge in [0.1, 0.15) is 4.21 Å². The lowest BCUT2D eigenvalue weighted by atomic mass is 9.96. The molecule has 1 aromatic rings. The summed E-state index contributed by atoms with van der Waals surface area (Å²) >= 11 is 6.83. The highest BCUT2D eigenvalue weighted by Crippen LogP contribution is 2.26. The summed E-state index contributed by atoms with van der Waals surface area (Å²) in [5, 5.41) is 3.19. The van der Waals surface area contributed by atoms with E-state index in [9.17, 15) is 8.42 Å². The maximum absolute atomic E-state index is 12.1. The van der Waals surface area contributed by atoms with Gasteiger partial charge in [-0.1, -0.05) is 18.5 Å². The number of thiophene rings is 1. The van der Waals surface area contributed by atoms with E-state index in [2.05, 4.69) is 17.0 Å². The number of nitrogens with one attached hydrogen (secondary N) is 2. The van der Waals surface area contributed by atoms with Crippen LogP contribution in [0, 0.1) is 5.92 Å². The first-order chi connectivity index (χ1) is 7.99. The Morgan fingerprint density at radius 1 is 1.53 bits per heavy atom. The summed E-state index contributed by atoms with van der Waals surface area (Å²) in [6.07, 6.45) is 0.985. The summed E-state index contributed by atoms with van der Waals surface area (Å²) in [5.41, 5.74) is 0. The third-order valence-electron chi connectivity index (χ3n) is 2.95. The molecule has 0 radical (unpaired) electrons. The smallest absolute Gasteiger partial charge is 0.250 e. The molecule has 2 unspecified atom stereocenters. The molecule has 0 bridgehead atoms. The molecule has 7 heteroatoms. The minimum Gasteiger partial charge on any atom is -0.315 e. The SMILES string of the molecule is CC1CCNCC1NS(=O)(=O)c1ccc(Cl)s1. The summed E-state index contributed by atoms with van der Waals surface area (Å²) in [5.74, 6) is 0.349. The standard InChI is InChI=1S/C10H15ClN2O2S2/c1-7-4-5-12-6-8(7)13-17(14,15)10-3-2-9(11)16-10/h2-3,7-8,12-13H,4-6H2,1H3. The Morgan fingerprint density at radius 3 is 2.88 bits per heavy atom. The van der Waals surface area contributed by atoms with Gasteiger partial charge in [-0.05, 0) is 31.0 Å². The first-order valence-corrected chi connectivity index (χ1v) is 8.15. The highest BCUT2D eigenvalue weighted by atomic mass is 35.5. The maximum Gasteiger partial charge on any atom is 0.250 e. The molecule has 1 aliphatic heterocycles. The van der Waals surface area contributed by atoms with Crippen LogP contribution in [0.4, 0.5) is 0 Å². The van der Waals surface area contributed by atoms with E-state index >= 15 is 0 Å². The molecule has 2 heterocycles. The van der Waals surface area contributed by atoms with Crippen LogP contribution in [0.2, 0.25) is 4.34 Å². The summed E-state index contributed by atoms with van der Waals surface area (Å²) in [7, 11) is -3.43. The van der Waals surface area contributed by atoms with Crippen LogP contribution >= 0.6 is 22.9 Å². The Bertz CT molecular complexity index is 486. The predicted octanol–water partition coefficient (Wildman–Crippen LogP) is 1.68. The van der Waals surface area contributed by atoms with Crippen molar-refractivity contribution < 1.29 is 8.42 Å². The van der Waals surface area contributed by atoms with E-state index in [0.29, 0.717) is 16.8 Å². The lowest BCUT2D eigenvalue weighted by Crippen LogP contribution is -2.49. The van der Waals surface area contributed by atoms with Crippen LogP contribution in [0.25, 0.3) is 0 Å². The third-order valence-corrected chi connectivity index (χ3v) is 6.16. The Hall–Kier alpha value is -0.140. The molecular formula is C10H15ClN2O2S2. The molecule has 4 nitrogen and oxygen atoms in total. The fraction of sp³-hybridized carbons (Fsp3) is 0.600. The van der Waals surface area contributed by atoms with Crippen LogP contribution in [0.15, 0.2) is 16.3 Å². The number of piperidine rings is 1. The van der Waals surface area contributed by atoms with Crippen molar-refractivity contribution in [2.45, 2.75) is 23.6 Å². The molecule has 2 N–H and O–H groups in total. The Labute approximate surface area is 110 Å². The minimum atomic E-state index is -3.43. The topological polar surface area (TPSA) is 58.2 Å². The Kier molecular flexibility index (Phi) is 4.10. The minimum absolute atomic E-state index is 0.0466. The predicted molar refractivity (Wildman–Crippen MR) is 70.1 cm³/mol. The van der Waals surface area contributed by atoms with Crippen molar-refractivity contribution in [2.24, 2.45) is 5.92 Å². The molecule has 2 atom stereocenters. The van der Waals surface area contributed by atoms with Gasteiger partial charge in [-0.25, -0.2) is 13.1 Å². The van der Waals surface area contributed by atoms with Gasteiger partial charge < -0.3 is 5.32 Å². The van der Waals surface area contributed by atoms with Crippen molar-refractivity contribution in [3.05, 3.63) is 16.5 Å². The largest absolute Gasteiger partial charge is 0.315 e. The summed E-state index contributed by atoms with van der Waals surface area (Å²) in [6.45, 7) is 3.69. The van der Waals surface area contributed by atoms with E-state index in [1.165, 1.54) is 6.07 Å². The molecule has 0 aromatic carbocycles. The quantitative estimate of drug-likeness (QED) is 0.892. The average Bonchev–Trinajstić information content (AvgIpc) is 2.69. The molecule has 0 amide bonds. The zero-order valence-corrected chi connectivity index (χ0v) is 11.8. The summed E-state index contributed by atoms with van der Waals surface area (Å²) in [6, 6.07) is 3.09. The van der Waals surface area contributed by atoms with Gasteiger partial charge in [0.15, 0.2) is 0 Å². The average molecular weight is 295 g/mol. The van der Waals surface area contributed by atoms with Gasteiger partial charge in [-0.2, -0.15) is 0 Å². The second-order valence-corrected chi connectivity index (χ2v) is 7.91. The molecular weight excluding hydrogens is 280 g/mol. The van der Waals surface area contributed by atoms with Crippen LogP contribution in [0.5, 0.6) is 0 Å². The van der Waals surface area contributed by atoms with E-state index in [-0.39, 0.29) is 10.3 Å². The molecule has 1 fully saturated rings. The molecule has 1 aliphatic rings. The molecule has 1 saturated heterocycles. The zero-order valence-electron chi connectivity index (χ0n) is 9.44. The van der Waals surface area contributed by atoms with Crippen LogP contribution in [0.1, 0.15) is 13.3 Å². The second kappa shape index (κ2) is 5.24. The third kappa shape index (κ3) is 3.20. The van der Waals surface area contributed by atoms with Gasteiger partial charge in [0.2, 0.25) is 10.0 Å². The second-order valence-electron chi connectivity index (χ2n) is 4.26. The van der Waals surface area contributed by atoms with Crippen LogP contribution in [0.3, 0.4) is 0 Å². The van der Waals surface area contributed by atoms with E-state index in [1.807, 2.05) is 0 Å². The van der Waals surface area contributed by atoms with Gasteiger partial charge >= 0.3 is 0 Å². The van der Waals surface area contributed by atoms with Crippen molar-refractivity contribution in [1.29, 1.82) is 0 Å². The maximum atomic E-state index is 12.1.